The van der Waals surface area contributed by atoms with E-state index in [1.165, 1.54) is 19.3 Å². The number of ether oxygens (including phenoxy) is 2. The van der Waals surface area contributed by atoms with Gasteiger partial charge in [0.05, 0.1) is 0 Å². The average Bonchev–Trinajstić information content (AvgIpc) is 2.49. The number of hydrogen-bond donors (Lipinski definition) is 1. The van der Waals surface area contributed by atoms with E-state index >= 15 is 0 Å². The van der Waals surface area contributed by atoms with E-state index in [-0.39, 0.29) is 24.3 Å². The van der Waals surface area contributed by atoms with Gasteiger partial charge in [0.1, 0.15) is 11.7 Å². The maximum Gasteiger partial charge on any atom is 0.300 e. The Morgan fingerprint density at radius 3 is 2.96 bits per heavy atom. The number of allylic oxidation sites excluding steroid dienone is 1. The highest BCUT2D eigenvalue weighted by Gasteiger charge is 2.25. The molecule has 1 N–H and O–H groups in total. The summed E-state index contributed by atoms with van der Waals surface area (Å²) in [6, 6.07) is 0.164. The molecular formula is C19H24N2O3. The molecule has 0 saturated heterocycles. The summed E-state index contributed by atoms with van der Waals surface area (Å²) in [7, 11) is 0. The molecule has 5 heteroatoms. The number of aromatic nitrogens is 2. The largest absolute Gasteiger partial charge is 0.470 e. The molecule has 5 nitrogen and oxygen atoms in total. The number of fused-ring (bicyclic) bond motifs is 1. The van der Waals surface area contributed by atoms with Gasteiger partial charge in [-0.2, -0.15) is 4.98 Å². The number of aromatic amines is 1. The van der Waals surface area contributed by atoms with Crippen LogP contribution in [-0.2, 0) is 0 Å². The zero-order valence-corrected chi connectivity index (χ0v) is 14.4. The molecule has 2 heterocycles. The highest BCUT2D eigenvalue weighted by atomic mass is 16.5. The Hall–Kier alpha value is -2.22. The van der Waals surface area contributed by atoms with Crippen molar-refractivity contribution in [3.05, 3.63) is 22.0 Å². The molecule has 1 saturated carbocycles. The molecule has 1 aromatic rings. The third kappa shape index (κ3) is 3.81. The van der Waals surface area contributed by atoms with Crippen LogP contribution in [0.5, 0.6) is 11.9 Å². The summed E-state index contributed by atoms with van der Waals surface area (Å²) in [6.45, 7) is 4.14. The Labute approximate surface area is 142 Å². The molecule has 1 aliphatic heterocycles. The minimum Gasteiger partial charge on any atom is -0.470 e. The van der Waals surface area contributed by atoms with Crippen molar-refractivity contribution < 1.29 is 9.47 Å². The van der Waals surface area contributed by atoms with Crippen molar-refractivity contribution >= 4 is 5.57 Å². The van der Waals surface area contributed by atoms with Crippen LogP contribution in [0.15, 0.2) is 10.9 Å². The van der Waals surface area contributed by atoms with Crippen LogP contribution in [0.25, 0.3) is 5.57 Å². The quantitative estimate of drug-likeness (QED) is 0.842. The normalized spacial score (nSPS) is 19.2. The van der Waals surface area contributed by atoms with Gasteiger partial charge in [0.25, 0.3) is 5.56 Å². The lowest BCUT2D eigenvalue weighted by atomic mass is 9.80. The molecule has 0 amide bonds. The fraction of sp³-hybridized carbons (Fsp3) is 0.579. The van der Waals surface area contributed by atoms with Gasteiger partial charge in [0.2, 0.25) is 5.88 Å². The van der Waals surface area contributed by atoms with E-state index in [1.54, 1.807) is 0 Å². The second kappa shape index (κ2) is 7.57. The molecule has 1 aliphatic carbocycles. The first kappa shape index (κ1) is 16.6. The molecule has 0 bridgehead atoms. The smallest absolute Gasteiger partial charge is 0.300 e. The van der Waals surface area contributed by atoms with E-state index in [0.29, 0.717) is 11.4 Å². The topological polar surface area (TPSA) is 64.2 Å². The van der Waals surface area contributed by atoms with E-state index < -0.39 is 0 Å². The van der Waals surface area contributed by atoms with Gasteiger partial charge < -0.3 is 9.47 Å². The van der Waals surface area contributed by atoms with Crippen molar-refractivity contribution in [1.82, 2.24) is 9.97 Å². The Bertz CT molecular complexity index is 735. The lowest BCUT2D eigenvalue weighted by molar-refractivity contribution is 0.243. The Morgan fingerprint density at radius 2 is 2.25 bits per heavy atom. The van der Waals surface area contributed by atoms with Gasteiger partial charge in [0.15, 0.2) is 6.61 Å². The van der Waals surface area contributed by atoms with Crippen LogP contribution in [0, 0.1) is 17.8 Å². The molecule has 0 spiro atoms. The summed E-state index contributed by atoms with van der Waals surface area (Å²) in [5.41, 5.74) is 1.39. The zero-order valence-electron chi connectivity index (χ0n) is 14.4. The molecule has 128 valence electrons. The van der Waals surface area contributed by atoms with Gasteiger partial charge in [-0.1, -0.05) is 32.1 Å². The van der Waals surface area contributed by atoms with Gasteiger partial charge in [-0.05, 0) is 37.3 Å². The highest BCUT2D eigenvalue weighted by molar-refractivity contribution is 5.70. The van der Waals surface area contributed by atoms with Gasteiger partial charge in [-0.15, -0.1) is 5.92 Å². The summed E-state index contributed by atoms with van der Waals surface area (Å²) in [4.78, 5) is 19.5. The number of nitrogens with zero attached hydrogens (tertiary/aromatic N) is 1. The highest BCUT2D eigenvalue weighted by Crippen LogP contribution is 2.36. The summed E-state index contributed by atoms with van der Waals surface area (Å²) in [5.74, 6) is 6.95. The third-order valence-corrected chi connectivity index (χ3v) is 4.55. The first-order valence-electron chi connectivity index (χ1n) is 8.78. The lowest BCUT2D eigenvalue weighted by Crippen LogP contribution is -2.25. The molecule has 24 heavy (non-hydrogen) atoms. The summed E-state index contributed by atoms with van der Waals surface area (Å²) < 4.78 is 11.1. The van der Waals surface area contributed by atoms with Crippen molar-refractivity contribution in [2.75, 3.05) is 6.61 Å². The average molecular weight is 328 g/mol. The second-order valence-electron chi connectivity index (χ2n) is 6.40. The molecule has 1 aromatic heterocycles. The summed E-state index contributed by atoms with van der Waals surface area (Å²) in [6.07, 6.45) is 8.71. The zero-order chi connectivity index (χ0) is 16.9. The van der Waals surface area contributed by atoms with Crippen molar-refractivity contribution in [2.45, 2.75) is 58.5 Å². The monoisotopic (exact) mass is 328 g/mol. The van der Waals surface area contributed by atoms with Crippen molar-refractivity contribution in [3.8, 4) is 23.7 Å². The number of rotatable bonds is 5. The summed E-state index contributed by atoms with van der Waals surface area (Å²) >= 11 is 0. The molecule has 0 aromatic carbocycles. The molecule has 2 aliphatic rings. The van der Waals surface area contributed by atoms with E-state index in [1.807, 2.05) is 19.9 Å². The minimum atomic E-state index is -0.204. The van der Waals surface area contributed by atoms with Crippen LogP contribution in [0.1, 0.15) is 57.9 Å². The second-order valence-corrected chi connectivity index (χ2v) is 6.40. The van der Waals surface area contributed by atoms with Gasteiger partial charge >= 0.3 is 6.01 Å². The number of nitrogens with one attached hydrogen (secondary N) is 1. The van der Waals surface area contributed by atoms with E-state index in [2.05, 4.69) is 21.8 Å². The third-order valence-electron chi connectivity index (χ3n) is 4.55. The van der Waals surface area contributed by atoms with E-state index in [9.17, 15) is 4.79 Å². The fourth-order valence-electron chi connectivity index (χ4n) is 3.08. The maximum absolute atomic E-state index is 12.5. The van der Waals surface area contributed by atoms with E-state index in [0.717, 1.165) is 30.8 Å². The SMILES string of the molecule is CCC#CCOc1nc2c(c(=O)[nH]1)C(CCC1CCC1)=CC(C)O2. The first-order valence-corrected chi connectivity index (χ1v) is 8.78. The minimum absolute atomic E-state index is 0.0871. The fourth-order valence-corrected chi connectivity index (χ4v) is 3.08. The Balaban J connectivity index is 1.77. The standard InChI is InChI=1S/C19H24N2O3/c1-3-4-5-11-23-19-20-17(22)16-15(10-9-14-7-6-8-14)12-13(2)24-18(16)21-19/h12-14H,3,6-11H2,1-2H3,(H,20,21,22). The molecule has 3 rings (SSSR count). The Morgan fingerprint density at radius 1 is 1.42 bits per heavy atom. The molecule has 0 radical (unpaired) electrons. The molecule has 1 unspecified atom stereocenters. The van der Waals surface area contributed by atoms with Crippen LogP contribution < -0.4 is 15.0 Å². The number of hydrogen-bond acceptors (Lipinski definition) is 4. The molecule has 1 atom stereocenters. The van der Waals surface area contributed by atoms with Crippen LogP contribution in [0.3, 0.4) is 0 Å². The van der Waals surface area contributed by atoms with Crippen molar-refractivity contribution in [1.29, 1.82) is 0 Å². The van der Waals surface area contributed by atoms with Crippen LogP contribution in [-0.4, -0.2) is 22.7 Å². The predicted molar refractivity (Wildman–Crippen MR) is 93.1 cm³/mol. The maximum atomic E-state index is 12.5. The molecule has 1 fully saturated rings. The Kier molecular flexibility index (Phi) is 5.24. The molecular weight excluding hydrogens is 304 g/mol. The predicted octanol–water partition coefficient (Wildman–Crippen LogP) is 3.31. The van der Waals surface area contributed by atoms with Crippen molar-refractivity contribution in [3.63, 3.8) is 0 Å². The van der Waals surface area contributed by atoms with Gasteiger partial charge in [-0.3, -0.25) is 9.78 Å². The van der Waals surface area contributed by atoms with Crippen LogP contribution in [0.4, 0.5) is 0 Å². The summed E-state index contributed by atoms with van der Waals surface area (Å²) in [5, 5.41) is 0. The van der Waals surface area contributed by atoms with E-state index in [4.69, 9.17) is 9.47 Å². The van der Waals surface area contributed by atoms with Crippen LogP contribution >= 0.6 is 0 Å². The lowest BCUT2D eigenvalue weighted by Gasteiger charge is -2.27. The van der Waals surface area contributed by atoms with Gasteiger partial charge in [0, 0.05) is 6.42 Å². The number of H-pyrrole nitrogens is 1. The van der Waals surface area contributed by atoms with Gasteiger partial charge in [-0.25, -0.2) is 0 Å². The van der Waals surface area contributed by atoms with Crippen molar-refractivity contribution in [2.24, 2.45) is 5.92 Å². The van der Waals surface area contributed by atoms with Crippen LogP contribution in [0.2, 0.25) is 0 Å². The first-order chi connectivity index (χ1) is 11.7.